The van der Waals surface area contributed by atoms with Crippen LogP contribution >= 0.6 is 23.1 Å². The van der Waals surface area contributed by atoms with Crippen LogP contribution in [0.5, 0.6) is 0 Å². The highest BCUT2D eigenvalue weighted by molar-refractivity contribution is 7.99. The van der Waals surface area contributed by atoms with Gasteiger partial charge in [0.15, 0.2) is 5.16 Å². The first kappa shape index (κ1) is 19.2. The number of benzene rings is 1. The molecular weight excluding hydrogens is 404 g/mol. The first-order valence-corrected chi connectivity index (χ1v) is 10.8. The van der Waals surface area contributed by atoms with E-state index in [9.17, 15) is 10.1 Å². The Hall–Kier alpha value is -3.09. The molecule has 0 atom stereocenters. The number of nitriles is 1. The molecule has 0 saturated heterocycles. The van der Waals surface area contributed by atoms with Crippen LogP contribution in [0.15, 0.2) is 35.5 Å². The summed E-state index contributed by atoms with van der Waals surface area (Å²) in [5.74, 6) is 0.919. The standard InChI is InChI=1S/C20H18N6OS2/c21-10-14-13-6-5-11-3-1-2-4-12(11)18(13)29-19(14)26-17(27)7-8-28-20-24-15(22)9-16(23)25-20/h1-4,9H,5-8H2,(H,26,27)(H4,22,23,24,25). The number of nitrogens with zero attached hydrogens (tertiary/aromatic N) is 3. The summed E-state index contributed by atoms with van der Waals surface area (Å²) in [6, 6.07) is 12.0. The lowest BCUT2D eigenvalue weighted by atomic mass is 9.90. The topological polar surface area (TPSA) is 131 Å². The molecule has 1 aliphatic carbocycles. The Morgan fingerprint density at radius 1 is 1.24 bits per heavy atom. The van der Waals surface area contributed by atoms with Gasteiger partial charge in [-0.1, -0.05) is 36.0 Å². The Morgan fingerprint density at radius 3 is 2.76 bits per heavy atom. The van der Waals surface area contributed by atoms with Gasteiger partial charge in [0.05, 0.1) is 5.56 Å². The normalized spacial score (nSPS) is 12.0. The lowest BCUT2D eigenvalue weighted by Crippen LogP contribution is -2.12. The zero-order chi connectivity index (χ0) is 20.4. The minimum absolute atomic E-state index is 0.155. The van der Waals surface area contributed by atoms with Crippen LogP contribution in [-0.4, -0.2) is 21.6 Å². The van der Waals surface area contributed by atoms with Crippen LogP contribution in [0.2, 0.25) is 0 Å². The number of nitrogens with one attached hydrogen (secondary N) is 1. The summed E-state index contributed by atoms with van der Waals surface area (Å²) in [4.78, 5) is 21.7. The van der Waals surface area contributed by atoms with Crippen molar-refractivity contribution in [2.45, 2.75) is 24.4 Å². The fourth-order valence-corrected chi connectivity index (χ4v) is 5.38. The molecule has 3 aromatic rings. The first-order chi connectivity index (χ1) is 14.0. The van der Waals surface area contributed by atoms with Crippen LogP contribution in [-0.2, 0) is 17.6 Å². The van der Waals surface area contributed by atoms with Gasteiger partial charge >= 0.3 is 0 Å². The number of anilines is 3. The lowest BCUT2D eigenvalue weighted by Gasteiger charge is -2.15. The molecule has 0 unspecified atom stereocenters. The SMILES string of the molecule is N#Cc1c(NC(=O)CCSc2nc(N)cc(N)n2)sc2c1CCc1ccccc1-2. The summed E-state index contributed by atoms with van der Waals surface area (Å²) in [6.07, 6.45) is 1.97. The second kappa shape index (κ2) is 8.11. The smallest absolute Gasteiger partial charge is 0.225 e. The molecule has 1 amide bonds. The van der Waals surface area contributed by atoms with Crippen molar-refractivity contribution in [2.75, 3.05) is 22.5 Å². The average Bonchev–Trinajstić information content (AvgIpc) is 3.04. The van der Waals surface area contributed by atoms with Crippen molar-refractivity contribution in [1.82, 2.24) is 9.97 Å². The summed E-state index contributed by atoms with van der Waals surface area (Å²) in [6.45, 7) is 0. The number of aromatic nitrogens is 2. The highest BCUT2D eigenvalue weighted by Crippen LogP contribution is 2.44. The maximum Gasteiger partial charge on any atom is 0.225 e. The molecule has 0 bridgehead atoms. The van der Waals surface area contributed by atoms with Crippen LogP contribution in [0.25, 0.3) is 10.4 Å². The number of nitrogen functional groups attached to an aromatic ring is 2. The molecule has 2 heterocycles. The number of carbonyl (C=O) groups is 1. The Balaban J connectivity index is 1.45. The van der Waals surface area contributed by atoms with Gasteiger partial charge in [0.1, 0.15) is 22.7 Å². The molecule has 0 saturated carbocycles. The molecule has 4 rings (SSSR count). The zero-order valence-electron chi connectivity index (χ0n) is 15.4. The summed E-state index contributed by atoms with van der Waals surface area (Å²) >= 11 is 2.78. The molecular formula is C20H18N6OS2. The van der Waals surface area contributed by atoms with Gasteiger partial charge in [0.25, 0.3) is 0 Å². The highest BCUT2D eigenvalue weighted by Gasteiger charge is 2.25. The number of amides is 1. The zero-order valence-corrected chi connectivity index (χ0v) is 17.1. The van der Waals surface area contributed by atoms with E-state index in [0.717, 1.165) is 28.8 Å². The molecule has 146 valence electrons. The molecule has 9 heteroatoms. The minimum Gasteiger partial charge on any atom is -0.383 e. The van der Waals surface area contributed by atoms with E-state index in [2.05, 4.69) is 33.5 Å². The predicted octanol–water partition coefficient (Wildman–Crippen LogP) is 3.46. The number of aryl methyl sites for hydroxylation is 1. The molecule has 7 nitrogen and oxygen atoms in total. The fourth-order valence-electron chi connectivity index (χ4n) is 3.30. The number of hydrogen-bond donors (Lipinski definition) is 3. The highest BCUT2D eigenvalue weighted by atomic mass is 32.2. The number of carbonyl (C=O) groups excluding carboxylic acids is 1. The van der Waals surface area contributed by atoms with Gasteiger partial charge in [-0.2, -0.15) is 5.26 Å². The van der Waals surface area contributed by atoms with Crippen molar-refractivity contribution >= 4 is 45.6 Å². The van der Waals surface area contributed by atoms with Crippen LogP contribution < -0.4 is 16.8 Å². The van der Waals surface area contributed by atoms with Crippen molar-refractivity contribution < 1.29 is 4.79 Å². The maximum atomic E-state index is 12.4. The summed E-state index contributed by atoms with van der Waals surface area (Å²) in [7, 11) is 0. The van der Waals surface area contributed by atoms with Crippen molar-refractivity contribution in [1.29, 1.82) is 5.26 Å². The summed E-state index contributed by atoms with van der Waals surface area (Å²) in [5.41, 5.74) is 15.4. The van der Waals surface area contributed by atoms with Crippen LogP contribution in [0, 0.1) is 11.3 Å². The quantitative estimate of drug-likeness (QED) is 0.424. The van der Waals surface area contributed by atoms with E-state index in [1.165, 1.54) is 34.7 Å². The van der Waals surface area contributed by atoms with Crippen LogP contribution in [0.3, 0.4) is 0 Å². The predicted molar refractivity (Wildman–Crippen MR) is 117 cm³/mol. The largest absolute Gasteiger partial charge is 0.383 e. The Bertz CT molecular complexity index is 1110. The second-order valence-corrected chi connectivity index (χ2v) is 8.61. The number of thioether (sulfide) groups is 1. The van der Waals surface area contributed by atoms with Gasteiger partial charge in [0, 0.05) is 23.1 Å². The third-order valence-corrected chi connectivity index (χ3v) is 6.61. The molecule has 5 N–H and O–H groups in total. The summed E-state index contributed by atoms with van der Waals surface area (Å²) < 4.78 is 0. The van der Waals surface area contributed by atoms with Gasteiger partial charge in [-0.05, 0) is 29.5 Å². The van der Waals surface area contributed by atoms with E-state index < -0.39 is 0 Å². The monoisotopic (exact) mass is 422 g/mol. The van der Waals surface area contributed by atoms with Gasteiger partial charge in [-0.25, -0.2) is 9.97 Å². The van der Waals surface area contributed by atoms with Crippen LogP contribution in [0.4, 0.5) is 16.6 Å². The van der Waals surface area contributed by atoms with Crippen LogP contribution in [0.1, 0.15) is 23.1 Å². The Morgan fingerprint density at radius 2 is 2.00 bits per heavy atom. The van der Waals surface area contributed by atoms with E-state index in [1.807, 2.05) is 12.1 Å². The van der Waals surface area contributed by atoms with Crippen molar-refractivity contribution in [3.8, 4) is 16.5 Å². The van der Waals surface area contributed by atoms with E-state index in [1.54, 1.807) is 0 Å². The molecule has 1 aromatic carbocycles. The van der Waals surface area contributed by atoms with Crippen molar-refractivity contribution in [3.05, 3.63) is 47.0 Å². The first-order valence-electron chi connectivity index (χ1n) is 9.02. The maximum absolute atomic E-state index is 12.4. The van der Waals surface area contributed by atoms with E-state index in [0.29, 0.717) is 33.1 Å². The van der Waals surface area contributed by atoms with Gasteiger partial charge in [0.2, 0.25) is 5.91 Å². The van der Waals surface area contributed by atoms with Crippen molar-refractivity contribution in [3.63, 3.8) is 0 Å². The molecule has 2 aromatic heterocycles. The molecule has 0 spiro atoms. The Labute approximate surface area is 176 Å². The number of fused-ring (bicyclic) bond motifs is 3. The third-order valence-electron chi connectivity index (χ3n) is 4.58. The van der Waals surface area contributed by atoms with Crippen molar-refractivity contribution in [2.24, 2.45) is 0 Å². The van der Waals surface area contributed by atoms with E-state index in [4.69, 9.17) is 11.5 Å². The lowest BCUT2D eigenvalue weighted by molar-refractivity contribution is -0.115. The van der Waals surface area contributed by atoms with Gasteiger partial charge in [-0.15, -0.1) is 11.3 Å². The third kappa shape index (κ3) is 4.04. The number of rotatable bonds is 5. The number of thiophene rings is 1. The molecule has 0 fully saturated rings. The molecule has 1 aliphatic rings. The van der Waals surface area contributed by atoms with E-state index in [-0.39, 0.29) is 12.3 Å². The number of nitrogens with two attached hydrogens (primary N) is 2. The Kier molecular flexibility index (Phi) is 5.38. The summed E-state index contributed by atoms with van der Waals surface area (Å²) in [5, 5.41) is 13.6. The van der Waals surface area contributed by atoms with Gasteiger partial charge < -0.3 is 16.8 Å². The molecule has 29 heavy (non-hydrogen) atoms. The average molecular weight is 423 g/mol. The number of hydrogen-bond acceptors (Lipinski definition) is 8. The van der Waals surface area contributed by atoms with Gasteiger partial charge in [-0.3, -0.25) is 4.79 Å². The van der Waals surface area contributed by atoms with E-state index >= 15 is 0 Å². The second-order valence-electron chi connectivity index (χ2n) is 6.53. The fraction of sp³-hybridized carbons (Fsp3) is 0.200. The molecule has 0 radical (unpaired) electrons. The minimum atomic E-state index is -0.155. The molecule has 0 aliphatic heterocycles.